The first-order chi connectivity index (χ1) is 14.2. The first kappa shape index (κ1) is 23.1. The lowest BCUT2D eigenvalue weighted by Crippen LogP contribution is -2.53. The second-order valence-electron chi connectivity index (χ2n) is 6.98. The number of aliphatic hydroxyl groups excluding tert-OH is 2. The fourth-order valence-corrected chi connectivity index (χ4v) is 2.87. The predicted octanol–water partition coefficient (Wildman–Crippen LogP) is 1.22. The van der Waals surface area contributed by atoms with Crippen molar-refractivity contribution in [3.05, 3.63) is 41.2 Å². The molecular weight excluding hydrogens is 392 g/mol. The number of methoxy groups -OCH3 is 1. The number of ether oxygens (including phenoxy) is 2. The van der Waals surface area contributed by atoms with Crippen molar-refractivity contribution >= 4 is 17.7 Å². The van der Waals surface area contributed by atoms with E-state index < -0.39 is 36.4 Å². The van der Waals surface area contributed by atoms with E-state index >= 15 is 0 Å². The Morgan fingerprint density at radius 2 is 1.73 bits per heavy atom. The number of ketones is 1. The Labute approximate surface area is 174 Å². The second kappa shape index (κ2) is 9.55. The summed E-state index contributed by atoms with van der Waals surface area (Å²) in [6.07, 6.45) is 0. The van der Waals surface area contributed by atoms with Crippen molar-refractivity contribution in [1.82, 2.24) is 10.3 Å². The van der Waals surface area contributed by atoms with Gasteiger partial charge in [0.05, 0.1) is 38.0 Å². The second-order valence-corrected chi connectivity index (χ2v) is 6.98. The van der Waals surface area contributed by atoms with Crippen molar-refractivity contribution in [2.75, 3.05) is 26.9 Å². The molecule has 30 heavy (non-hydrogen) atoms. The molecule has 2 rings (SSSR count). The standard InChI is InChI=1S/C21H26N2O7/c1-5-30-20(28)15-12(2)22-17(16(15)13-6-8-14(29-4)9-7-13)18(26)19(27)23-21(3,10-24)11-25/h6-9,22,24-25H,5,10-11H2,1-4H3,(H,23,27). The Bertz CT molecular complexity index is 928. The van der Waals surface area contributed by atoms with Gasteiger partial charge in [-0.15, -0.1) is 0 Å². The molecule has 0 aliphatic heterocycles. The number of esters is 1. The van der Waals surface area contributed by atoms with Gasteiger partial charge < -0.3 is 30.0 Å². The average Bonchev–Trinajstić information content (AvgIpc) is 3.10. The van der Waals surface area contributed by atoms with Crippen LogP contribution in [-0.4, -0.2) is 65.3 Å². The summed E-state index contributed by atoms with van der Waals surface area (Å²) in [6.45, 7) is 3.67. The summed E-state index contributed by atoms with van der Waals surface area (Å²) < 4.78 is 10.3. The molecule has 0 fully saturated rings. The minimum Gasteiger partial charge on any atom is -0.497 e. The lowest BCUT2D eigenvalue weighted by atomic mass is 9.97. The number of aliphatic hydroxyl groups is 2. The van der Waals surface area contributed by atoms with E-state index in [1.54, 1.807) is 38.1 Å². The smallest absolute Gasteiger partial charge is 0.340 e. The van der Waals surface area contributed by atoms with Crippen LogP contribution >= 0.6 is 0 Å². The lowest BCUT2D eigenvalue weighted by molar-refractivity contribution is -0.119. The summed E-state index contributed by atoms with van der Waals surface area (Å²) in [5, 5.41) is 21.1. The van der Waals surface area contributed by atoms with Crippen LogP contribution in [0.3, 0.4) is 0 Å². The molecule has 1 aromatic carbocycles. The van der Waals surface area contributed by atoms with E-state index in [0.29, 0.717) is 17.0 Å². The van der Waals surface area contributed by atoms with Gasteiger partial charge in [-0.3, -0.25) is 9.59 Å². The highest BCUT2D eigenvalue weighted by Crippen LogP contribution is 2.32. The highest BCUT2D eigenvalue weighted by atomic mass is 16.5. The van der Waals surface area contributed by atoms with E-state index in [1.165, 1.54) is 14.0 Å². The van der Waals surface area contributed by atoms with Crippen molar-refractivity contribution in [3.8, 4) is 16.9 Å². The third kappa shape index (κ3) is 4.69. The van der Waals surface area contributed by atoms with Crippen LogP contribution in [0, 0.1) is 6.92 Å². The van der Waals surface area contributed by atoms with E-state index in [9.17, 15) is 24.6 Å². The largest absolute Gasteiger partial charge is 0.497 e. The monoisotopic (exact) mass is 418 g/mol. The zero-order chi connectivity index (χ0) is 22.5. The summed E-state index contributed by atoms with van der Waals surface area (Å²) in [5.74, 6) is -2.04. The van der Waals surface area contributed by atoms with E-state index in [4.69, 9.17) is 9.47 Å². The molecule has 0 bridgehead atoms. The molecule has 1 amide bonds. The minimum absolute atomic E-state index is 0.101. The Morgan fingerprint density at radius 1 is 1.13 bits per heavy atom. The fraction of sp³-hybridized carbons (Fsp3) is 0.381. The average molecular weight is 418 g/mol. The summed E-state index contributed by atoms with van der Waals surface area (Å²) in [7, 11) is 1.51. The maximum Gasteiger partial charge on any atom is 0.340 e. The number of aromatic nitrogens is 1. The summed E-state index contributed by atoms with van der Waals surface area (Å²) in [5.41, 5.74) is -0.238. The number of hydrogen-bond acceptors (Lipinski definition) is 7. The molecule has 9 heteroatoms. The zero-order valence-corrected chi connectivity index (χ0v) is 17.4. The number of Topliss-reactive ketones (excluding diaryl/α,β-unsaturated/α-hetero) is 1. The summed E-state index contributed by atoms with van der Waals surface area (Å²) in [6, 6.07) is 6.64. The van der Waals surface area contributed by atoms with Crippen LogP contribution in [0.4, 0.5) is 0 Å². The van der Waals surface area contributed by atoms with Gasteiger partial charge in [-0.05, 0) is 38.5 Å². The summed E-state index contributed by atoms with van der Waals surface area (Å²) in [4.78, 5) is 40.9. The SMILES string of the molecule is CCOC(=O)c1c(C)[nH]c(C(=O)C(=O)NC(C)(CO)CO)c1-c1ccc(OC)cc1. The molecule has 0 unspecified atom stereocenters. The molecule has 0 radical (unpaired) electrons. The normalized spacial score (nSPS) is 11.1. The molecule has 9 nitrogen and oxygen atoms in total. The van der Waals surface area contributed by atoms with Gasteiger partial charge in [0.1, 0.15) is 11.4 Å². The number of benzene rings is 1. The number of nitrogens with one attached hydrogen (secondary N) is 2. The number of amides is 1. The van der Waals surface area contributed by atoms with Crippen molar-refractivity contribution < 1.29 is 34.1 Å². The van der Waals surface area contributed by atoms with Gasteiger partial charge in [-0.1, -0.05) is 12.1 Å². The minimum atomic E-state index is -1.38. The molecular formula is C21H26N2O7. The molecule has 0 atom stereocenters. The number of hydrogen-bond donors (Lipinski definition) is 4. The molecule has 4 N–H and O–H groups in total. The third-order valence-corrected chi connectivity index (χ3v) is 4.59. The number of H-pyrrole nitrogens is 1. The van der Waals surface area contributed by atoms with Crippen molar-refractivity contribution in [2.24, 2.45) is 0 Å². The Morgan fingerprint density at radius 3 is 2.23 bits per heavy atom. The van der Waals surface area contributed by atoms with Crippen molar-refractivity contribution in [3.63, 3.8) is 0 Å². The third-order valence-electron chi connectivity index (χ3n) is 4.59. The lowest BCUT2D eigenvalue weighted by Gasteiger charge is -2.25. The number of carbonyl (C=O) groups is 3. The van der Waals surface area contributed by atoms with Crippen LogP contribution in [0.1, 0.15) is 40.4 Å². The van der Waals surface area contributed by atoms with Crippen LogP contribution in [0.15, 0.2) is 24.3 Å². The first-order valence-corrected chi connectivity index (χ1v) is 9.34. The van der Waals surface area contributed by atoms with Gasteiger partial charge in [0.2, 0.25) is 0 Å². The van der Waals surface area contributed by atoms with E-state index in [2.05, 4.69) is 10.3 Å². The first-order valence-electron chi connectivity index (χ1n) is 9.34. The molecule has 0 aliphatic carbocycles. The van der Waals surface area contributed by atoms with Gasteiger partial charge in [0, 0.05) is 11.3 Å². The molecule has 0 spiro atoms. The van der Waals surface area contributed by atoms with Gasteiger partial charge >= 0.3 is 5.97 Å². The number of aryl methyl sites for hydroxylation is 1. The van der Waals surface area contributed by atoms with E-state index in [0.717, 1.165) is 0 Å². The number of aromatic amines is 1. The van der Waals surface area contributed by atoms with Crippen LogP contribution < -0.4 is 10.1 Å². The van der Waals surface area contributed by atoms with Gasteiger partial charge in [0.15, 0.2) is 0 Å². The number of carbonyl (C=O) groups excluding carboxylic acids is 3. The molecule has 0 saturated heterocycles. The predicted molar refractivity (Wildman–Crippen MR) is 109 cm³/mol. The summed E-state index contributed by atoms with van der Waals surface area (Å²) >= 11 is 0. The molecule has 1 aromatic heterocycles. The molecule has 0 aliphatic rings. The molecule has 0 saturated carbocycles. The molecule has 1 heterocycles. The Balaban J connectivity index is 2.58. The highest BCUT2D eigenvalue weighted by Gasteiger charge is 2.33. The topological polar surface area (TPSA) is 138 Å². The highest BCUT2D eigenvalue weighted by molar-refractivity contribution is 6.44. The fourth-order valence-electron chi connectivity index (χ4n) is 2.87. The van der Waals surface area contributed by atoms with Crippen molar-refractivity contribution in [1.29, 1.82) is 0 Å². The Kier molecular flexibility index (Phi) is 7.36. The molecule has 2 aromatic rings. The number of rotatable bonds is 9. The van der Waals surface area contributed by atoms with Crippen LogP contribution in [0.2, 0.25) is 0 Å². The van der Waals surface area contributed by atoms with Crippen LogP contribution in [0.5, 0.6) is 5.75 Å². The van der Waals surface area contributed by atoms with E-state index in [1.807, 2.05) is 0 Å². The van der Waals surface area contributed by atoms with Gasteiger partial charge in [0.25, 0.3) is 11.7 Å². The van der Waals surface area contributed by atoms with E-state index in [-0.39, 0.29) is 23.4 Å². The van der Waals surface area contributed by atoms with Crippen LogP contribution in [0.25, 0.3) is 11.1 Å². The Hall–Kier alpha value is -3.17. The van der Waals surface area contributed by atoms with Gasteiger partial charge in [-0.25, -0.2) is 4.79 Å². The zero-order valence-electron chi connectivity index (χ0n) is 17.4. The maximum absolute atomic E-state index is 12.9. The molecule has 162 valence electrons. The van der Waals surface area contributed by atoms with Crippen LogP contribution in [-0.2, 0) is 9.53 Å². The van der Waals surface area contributed by atoms with Crippen molar-refractivity contribution in [2.45, 2.75) is 26.3 Å². The maximum atomic E-state index is 12.9. The quantitative estimate of drug-likeness (QED) is 0.273. The van der Waals surface area contributed by atoms with Gasteiger partial charge in [-0.2, -0.15) is 0 Å².